The molecule has 7 heteroatoms. The second-order valence-corrected chi connectivity index (χ2v) is 6.28. The predicted octanol–water partition coefficient (Wildman–Crippen LogP) is 3.93. The fraction of sp³-hybridized carbons (Fsp3) is 0.0769. The van der Waals surface area contributed by atoms with Gasteiger partial charge in [0, 0.05) is 18.4 Å². The average molecular weight is 290 g/mol. The number of hydrogen-bond acceptors (Lipinski definition) is 3. The van der Waals surface area contributed by atoms with E-state index in [1.165, 1.54) is 7.05 Å². The molecule has 0 fully saturated rings. The molecule has 2 aromatic rings. The molecule has 0 atom stereocenters. The molecule has 2 aromatic carbocycles. The number of benzene rings is 2. The molecule has 0 aliphatic rings. The molecular formula is C13H15N4O2P. The lowest BCUT2D eigenvalue weighted by atomic mass is 10.3. The molecule has 0 aromatic heterocycles. The maximum Gasteiger partial charge on any atom is 0.373 e. The van der Waals surface area contributed by atoms with Crippen molar-refractivity contribution >= 4 is 19.0 Å². The molecule has 2 N–H and O–H groups in total. The second-order valence-electron chi connectivity index (χ2n) is 4.10. The topological polar surface area (TPSA) is 73.8 Å². The van der Waals surface area contributed by atoms with E-state index < -0.39 is 7.59 Å². The fourth-order valence-corrected chi connectivity index (χ4v) is 3.05. The summed E-state index contributed by atoms with van der Waals surface area (Å²) in [4.78, 5) is 10.8. The van der Waals surface area contributed by atoms with Crippen LogP contribution in [0.1, 0.15) is 0 Å². The van der Waals surface area contributed by atoms with Gasteiger partial charge < -0.3 is 10.2 Å². The third-order valence-electron chi connectivity index (χ3n) is 2.63. The number of anilines is 2. The van der Waals surface area contributed by atoms with E-state index in [9.17, 15) is 9.47 Å². The Labute approximate surface area is 117 Å². The van der Waals surface area contributed by atoms with Gasteiger partial charge in [0.05, 0.1) is 5.29 Å². The van der Waals surface area contributed by atoms with Gasteiger partial charge >= 0.3 is 7.59 Å². The summed E-state index contributed by atoms with van der Waals surface area (Å²) in [6.07, 6.45) is 0. The van der Waals surface area contributed by atoms with Gasteiger partial charge in [0.25, 0.3) is 0 Å². The van der Waals surface area contributed by atoms with Crippen molar-refractivity contribution in [2.45, 2.75) is 0 Å². The summed E-state index contributed by atoms with van der Waals surface area (Å²) >= 11 is 0. The molecular weight excluding hydrogens is 275 g/mol. The lowest BCUT2D eigenvalue weighted by Gasteiger charge is -2.26. The van der Waals surface area contributed by atoms with Crippen LogP contribution < -0.4 is 10.2 Å². The Hall–Kier alpha value is -2.33. The number of nitrogens with zero attached hydrogens (tertiary/aromatic N) is 2. The van der Waals surface area contributed by atoms with Gasteiger partial charge in [-0.2, -0.15) is 4.78 Å². The summed E-state index contributed by atoms with van der Waals surface area (Å²) in [5.74, 6) is 0. The number of para-hydroxylation sites is 2. The van der Waals surface area contributed by atoms with Crippen LogP contribution in [0.25, 0.3) is 0 Å². The van der Waals surface area contributed by atoms with Crippen molar-refractivity contribution in [2.75, 3.05) is 17.2 Å². The third kappa shape index (κ3) is 3.36. The summed E-state index contributed by atoms with van der Waals surface area (Å²) < 4.78 is 13.8. The van der Waals surface area contributed by atoms with Crippen molar-refractivity contribution < 1.29 is 4.57 Å². The van der Waals surface area contributed by atoms with E-state index >= 15 is 0 Å². The molecule has 0 heterocycles. The van der Waals surface area contributed by atoms with Gasteiger partial charge in [-0.15, -0.1) is 4.91 Å². The van der Waals surface area contributed by atoms with Gasteiger partial charge in [-0.05, 0) is 24.3 Å². The number of nitrogens with one attached hydrogen (secondary N) is 2. The second kappa shape index (κ2) is 6.21. The smallest absolute Gasteiger partial charge is 0.303 e. The molecule has 0 spiro atoms. The lowest BCUT2D eigenvalue weighted by Crippen LogP contribution is -2.19. The van der Waals surface area contributed by atoms with Crippen molar-refractivity contribution in [3.63, 3.8) is 0 Å². The maximum absolute atomic E-state index is 12.9. The van der Waals surface area contributed by atoms with Crippen molar-refractivity contribution in [2.24, 2.45) is 5.29 Å². The zero-order valence-corrected chi connectivity index (χ0v) is 11.8. The van der Waals surface area contributed by atoms with Gasteiger partial charge in [0.1, 0.15) is 0 Å². The average Bonchev–Trinajstić information content (AvgIpc) is 2.48. The molecule has 0 amide bonds. The quantitative estimate of drug-likeness (QED) is 0.479. The van der Waals surface area contributed by atoms with E-state index in [0.29, 0.717) is 11.4 Å². The molecule has 0 radical (unpaired) electrons. The Kier molecular flexibility index (Phi) is 4.38. The van der Waals surface area contributed by atoms with Gasteiger partial charge in [-0.1, -0.05) is 36.4 Å². The Morgan fingerprint density at radius 2 is 1.30 bits per heavy atom. The zero-order valence-electron chi connectivity index (χ0n) is 10.9. The predicted molar refractivity (Wildman–Crippen MR) is 81.3 cm³/mol. The first-order valence-electron chi connectivity index (χ1n) is 5.98. The first-order chi connectivity index (χ1) is 9.64. The molecule has 104 valence electrons. The monoisotopic (exact) mass is 290 g/mol. The van der Waals surface area contributed by atoms with Crippen molar-refractivity contribution in [1.29, 1.82) is 0 Å². The summed E-state index contributed by atoms with van der Waals surface area (Å²) in [5.41, 5.74) is 1.27. The van der Waals surface area contributed by atoms with Crippen LogP contribution in [0.4, 0.5) is 11.4 Å². The van der Waals surface area contributed by atoms with Crippen molar-refractivity contribution in [1.82, 2.24) is 4.78 Å². The first kappa shape index (κ1) is 14.1. The van der Waals surface area contributed by atoms with E-state index in [0.717, 1.165) is 4.78 Å². The van der Waals surface area contributed by atoms with Crippen LogP contribution in [0.3, 0.4) is 0 Å². The highest BCUT2D eigenvalue weighted by Crippen LogP contribution is 2.48. The van der Waals surface area contributed by atoms with Gasteiger partial charge in [0.2, 0.25) is 0 Å². The summed E-state index contributed by atoms with van der Waals surface area (Å²) in [6.45, 7) is 0. The Morgan fingerprint density at radius 3 is 1.65 bits per heavy atom. The maximum atomic E-state index is 12.9. The molecule has 0 aliphatic carbocycles. The van der Waals surface area contributed by atoms with Crippen LogP contribution in [0.15, 0.2) is 65.9 Å². The highest BCUT2D eigenvalue weighted by molar-refractivity contribution is 7.64. The fourth-order valence-electron chi connectivity index (χ4n) is 1.60. The van der Waals surface area contributed by atoms with Crippen molar-refractivity contribution in [3.05, 3.63) is 65.6 Å². The molecule has 20 heavy (non-hydrogen) atoms. The number of nitroso groups, excluding NO2 is 1. The third-order valence-corrected chi connectivity index (χ3v) is 4.65. The SMILES string of the molecule is CN(N=O)P(=O)(Nc1ccccc1)Nc1ccccc1. The van der Waals surface area contributed by atoms with E-state index in [4.69, 9.17) is 0 Å². The van der Waals surface area contributed by atoms with Crippen LogP contribution in [0.2, 0.25) is 0 Å². The number of hydrogen-bond donors (Lipinski definition) is 2. The zero-order chi connectivity index (χ0) is 14.4. The number of rotatable bonds is 6. The van der Waals surface area contributed by atoms with E-state index in [1.54, 1.807) is 24.3 Å². The van der Waals surface area contributed by atoms with E-state index in [1.807, 2.05) is 36.4 Å². The minimum atomic E-state index is -3.40. The Morgan fingerprint density at radius 1 is 0.900 bits per heavy atom. The minimum Gasteiger partial charge on any atom is -0.303 e. The molecule has 0 unspecified atom stereocenters. The van der Waals surface area contributed by atoms with E-state index in [2.05, 4.69) is 15.5 Å². The normalized spacial score (nSPS) is 10.7. The van der Waals surface area contributed by atoms with Gasteiger partial charge in [0.15, 0.2) is 0 Å². The first-order valence-corrected chi connectivity index (χ1v) is 7.64. The van der Waals surface area contributed by atoms with Gasteiger partial charge in [-0.3, -0.25) is 0 Å². The molecule has 0 aliphatic heterocycles. The van der Waals surface area contributed by atoms with Crippen LogP contribution in [0, 0.1) is 4.91 Å². The Bertz CT molecular complexity index is 561. The molecule has 6 nitrogen and oxygen atoms in total. The van der Waals surface area contributed by atoms with Crippen molar-refractivity contribution in [3.8, 4) is 0 Å². The molecule has 0 bridgehead atoms. The molecule has 0 saturated heterocycles. The van der Waals surface area contributed by atoms with Gasteiger partial charge in [-0.25, -0.2) is 4.57 Å². The van der Waals surface area contributed by atoms with Crippen LogP contribution in [-0.2, 0) is 4.57 Å². The standard InChI is InChI=1S/C13H15N4O2P/c1-17(16-18)20(19,14-12-8-4-2-5-9-12)15-13-10-6-3-7-11-13/h2-11H,1H3,(H2,14,15,19). The Balaban J connectivity index is 2.26. The largest absolute Gasteiger partial charge is 0.373 e. The lowest BCUT2D eigenvalue weighted by molar-refractivity contribution is 0.492. The summed E-state index contributed by atoms with van der Waals surface area (Å²) in [6, 6.07) is 18.0. The van der Waals surface area contributed by atoms with Crippen LogP contribution in [0.5, 0.6) is 0 Å². The molecule has 0 saturated carbocycles. The highest BCUT2D eigenvalue weighted by Gasteiger charge is 2.28. The summed E-state index contributed by atoms with van der Waals surface area (Å²) in [7, 11) is -2.04. The molecule has 2 rings (SSSR count). The van der Waals surface area contributed by atoms with Crippen LogP contribution >= 0.6 is 7.59 Å². The van der Waals surface area contributed by atoms with E-state index in [-0.39, 0.29) is 0 Å². The minimum absolute atomic E-state index is 0.634. The highest BCUT2D eigenvalue weighted by atomic mass is 31.2. The van der Waals surface area contributed by atoms with Crippen LogP contribution in [-0.4, -0.2) is 11.8 Å². The summed E-state index contributed by atoms with van der Waals surface area (Å²) in [5, 5.41) is 8.41.